The standard InChI is InChI=1S/C13H19N3O/c1-9-7-13(15-8-14-9)16-11-3-2-4-12-10(11)5-6-17-12/h7-8,10-12H,2-6H2,1H3,(H,14,15,16). The molecule has 92 valence electrons. The Morgan fingerprint density at radius 3 is 3.12 bits per heavy atom. The van der Waals surface area contributed by atoms with Crippen LogP contribution in [0.1, 0.15) is 31.4 Å². The molecule has 3 rings (SSSR count). The summed E-state index contributed by atoms with van der Waals surface area (Å²) in [4.78, 5) is 8.41. The van der Waals surface area contributed by atoms with Crippen LogP contribution >= 0.6 is 0 Å². The fourth-order valence-corrected chi connectivity index (χ4v) is 3.08. The summed E-state index contributed by atoms with van der Waals surface area (Å²) >= 11 is 0. The van der Waals surface area contributed by atoms with Crippen molar-refractivity contribution in [1.82, 2.24) is 9.97 Å². The minimum absolute atomic E-state index is 0.476. The van der Waals surface area contributed by atoms with Gasteiger partial charge in [-0.05, 0) is 32.6 Å². The van der Waals surface area contributed by atoms with Crippen molar-refractivity contribution in [2.45, 2.75) is 44.8 Å². The molecule has 1 saturated carbocycles. The number of ether oxygens (including phenoxy) is 1. The molecule has 1 aliphatic carbocycles. The molecule has 0 radical (unpaired) electrons. The van der Waals surface area contributed by atoms with Crippen LogP contribution < -0.4 is 5.32 Å². The van der Waals surface area contributed by atoms with Gasteiger partial charge in [0.1, 0.15) is 12.1 Å². The van der Waals surface area contributed by atoms with Crippen LogP contribution in [0.3, 0.4) is 0 Å². The van der Waals surface area contributed by atoms with Gasteiger partial charge in [0.15, 0.2) is 0 Å². The van der Waals surface area contributed by atoms with Gasteiger partial charge in [-0.1, -0.05) is 0 Å². The molecule has 0 amide bonds. The van der Waals surface area contributed by atoms with Crippen LogP contribution in [0, 0.1) is 12.8 Å². The normalized spacial score (nSPS) is 32.2. The third-order valence-electron chi connectivity index (χ3n) is 3.92. The fraction of sp³-hybridized carbons (Fsp3) is 0.692. The lowest BCUT2D eigenvalue weighted by molar-refractivity contribution is 0.0619. The van der Waals surface area contributed by atoms with E-state index in [9.17, 15) is 0 Å². The number of anilines is 1. The van der Waals surface area contributed by atoms with Gasteiger partial charge >= 0.3 is 0 Å². The van der Waals surface area contributed by atoms with Crippen LogP contribution in [0.15, 0.2) is 12.4 Å². The number of rotatable bonds is 2. The Morgan fingerprint density at radius 1 is 1.29 bits per heavy atom. The quantitative estimate of drug-likeness (QED) is 0.850. The second kappa shape index (κ2) is 4.61. The molecule has 2 fully saturated rings. The third-order valence-corrected chi connectivity index (χ3v) is 3.92. The molecule has 1 aliphatic heterocycles. The van der Waals surface area contributed by atoms with Gasteiger partial charge in [-0.15, -0.1) is 0 Å². The summed E-state index contributed by atoms with van der Waals surface area (Å²) in [6.07, 6.45) is 7.00. The Balaban J connectivity index is 1.71. The van der Waals surface area contributed by atoms with E-state index in [0.717, 1.165) is 18.1 Å². The van der Waals surface area contributed by atoms with Gasteiger partial charge in [0.05, 0.1) is 6.10 Å². The van der Waals surface area contributed by atoms with Crippen molar-refractivity contribution in [2.75, 3.05) is 11.9 Å². The van der Waals surface area contributed by atoms with Crippen molar-refractivity contribution in [3.8, 4) is 0 Å². The van der Waals surface area contributed by atoms with E-state index in [2.05, 4.69) is 15.3 Å². The zero-order chi connectivity index (χ0) is 11.7. The van der Waals surface area contributed by atoms with E-state index in [1.807, 2.05) is 13.0 Å². The van der Waals surface area contributed by atoms with Crippen molar-refractivity contribution < 1.29 is 4.74 Å². The highest BCUT2D eigenvalue weighted by Gasteiger charge is 2.37. The second-order valence-corrected chi connectivity index (χ2v) is 5.09. The smallest absolute Gasteiger partial charge is 0.129 e. The first-order valence-electron chi connectivity index (χ1n) is 6.50. The Hall–Kier alpha value is -1.16. The number of fused-ring (bicyclic) bond motifs is 1. The Kier molecular flexibility index (Phi) is 2.97. The van der Waals surface area contributed by atoms with Gasteiger partial charge in [0, 0.05) is 30.3 Å². The number of hydrogen-bond acceptors (Lipinski definition) is 4. The maximum atomic E-state index is 5.78. The molecule has 1 saturated heterocycles. The summed E-state index contributed by atoms with van der Waals surface area (Å²) in [7, 11) is 0. The van der Waals surface area contributed by atoms with E-state index in [-0.39, 0.29) is 0 Å². The minimum Gasteiger partial charge on any atom is -0.378 e. The summed E-state index contributed by atoms with van der Waals surface area (Å²) < 4.78 is 5.78. The molecule has 4 heteroatoms. The van der Waals surface area contributed by atoms with E-state index in [0.29, 0.717) is 18.1 Å². The van der Waals surface area contributed by atoms with Crippen LogP contribution in [0.5, 0.6) is 0 Å². The Bertz CT molecular complexity index is 396. The largest absolute Gasteiger partial charge is 0.378 e. The number of aromatic nitrogens is 2. The molecule has 3 unspecified atom stereocenters. The van der Waals surface area contributed by atoms with E-state index in [1.54, 1.807) is 6.33 Å². The molecule has 2 aliphatic rings. The summed E-state index contributed by atoms with van der Waals surface area (Å²) in [5.41, 5.74) is 1.01. The van der Waals surface area contributed by atoms with Gasteiger partial charge in [-0.3, -0.25) is 0 Å². The average Bonchev–Trinajstić information content (AvgIpc) is 2.78. The van der Waals surface area contributed by atoms with Gasteiger partial charge in [0.25, 0.3) is 0 Å². The highest BCUT2D eigenvalue weighted by atomic mass is 16.5. The van der Waals surface area contributed by atoms with Crippen molar-refractivity contribution in [2.24, 2.45) is 5.92 Å². The van der Waals surface area contributed by atoms with Crippen LogP contribution in [-0.2, 0) is 4.74 Å². The van der Waals surface area contributed by atoms with E-state index in [4.69, 9.17) is 4.74 Å². The van der Waals surface area contributed by atoms with Crippen molar-refractivity contribution >= 4 is 5.82 Å². The number of nitrogens with one attached hydrogen (secondary N) is 1. The summed E-state index contributed by atoms with van der Waals surface area (Å²) in [5, 5.41) is 3.56. The molecular formula is C13H19N3O. The van der Waals surface area contributed by atoms with Crippen LogP contribution in [-0.4, -0.2) is 28.7 Å². The van der Waals surface area contributed by atoms with E-state index < -0.39 is 0 Å². The van der Waals surface area contributed by atoms with Gasteiger partial charge in [-0.25, -0.2) is 9.97 Å². The molecule has 4 nitrogen and oxygen atoms in total. The highest BCUT2D eigenvalue weighted by Crippen LogP contribution is 2.35. The minimum atomic E-state index is 0.476. The molecule has 1 aromatic heterocycles. The molecule has 1 aromatic rings. The lowest BCUT2D eigenvalue weighted by Gasteiger charge is -2.33. The maximum absolute atomic E-state index is 5.78. The van der Waals surface area contributed by atoms with Gasteiger partial charge in [0.2, 0.25) is 0 Å². The molecule has 0 spiro atoms. The number of hydrogen-bond donors (Lipinski definition) is 1. The number of aryl methyl sites for hydroxylation is 1. The van der Waals surface area contributed by atoms with E-state index >= 15 is 0 Å². The first-order valence-corrected chi connectivity index (χ1v) is 6.50. The van der Waals surface area contributed by atoms with E-state index in [1.165, 1.54) is 25.7 Å². The maximum Gasteiger partial charge on any atom is 0.129 e. The molecule has 3 atom stereocenters. The van der Waals surface area contributed by atoms with Gasteiger partial charge in [-0.2, -0.15) is 0 Å². The predicted octanol–water partition coefficient (Wildman–Crippen LogP) is 2.15. The average molecular weight is 233 g/mol. The molecule has 0 aromatic carbocycles. The zero-order valence-corrected chi connectivity index (χ0v) is 10.2. The van der Waals surface area contributed by atoms with Crippen LogP contribution in [0.4, 0.5) is 5.82 Å². The first-order chi connectivity index (χ1) is 8.33. The lowest BCUT2D eigenvalue weighted by Crippen LogP contribution is -2.38. The summed E-state index contributed by atoms with van der Waals surface area (Å²) in [6.45, 7) is 2.92. The topological polar surface area (TPSA) is 47.0 Å². The molecule has 1 N–H and O–H groups in total. The SMILES string of the molecule is Cc1cc(NC2CCCC3OCCC23)ncn1. The lowest BCUT2D eigenvalue weighted by atomic mass is 9.82. The fourth-order valence-electron chi connectivity index (χ4n) is 3.08. The third kappa shape index (κ3) is 2.27. The summed E-state index contributed by atoms with van der Waals surface area (Å²) in [6, 6.07) is 2.53. The Labute approximate surface area is 102 Å². The predicted molar refractivity (Wildman–Crippen MR) is 65.9 cm³/mol. The zero-order valence-electron chi connectivity index (χ0n) is 10.2. The molecule has 0 bridgehead atoms. The Morgan fingerprint density at radius 2 is 2.24 bits per heavy atom. The molecule has 2 heterocycles. The molecule has 17 heavy (non-hydrogen) atoms. The second-order valence-electron chi connectivity index (χ2n) is 5.09. The highest BCUT2D eigenvalue weighted by molar-refractivity contribution is 5.36. The monoisotopic (exact) mass is 233 g/mol. The van der Waals surface area contributed by atoms with Crippen LogP contribution in [0.25, 0.3) is 0 Å². The molecular weight excluding hydrogens is 214 g/mol. The van der Waals surface area contributed by atoms with Gasteiger partial charge < -0.3 is 10.1 Å². The first kappa shape index (κ1) is 11.0. The summed E-state index contributed by atoms with van der Waals surface area (Å²) in [5.74, 6) is 1.62. The van der Waals surface area contributed by atoms with Crippen molar-refractivity contribution in [3.63, 3.8) is 0 Å². The van der Waals surface area contributed by atoms with Crippen molar-refractivity contribution in [1.29, 1.82) is 0 Å². The van der Waals surface area contributed by atoms with Crippen LogP contribution in [0.2, 0.25) is 0 Å². The number of nitrogens with zero attached hydrogens (tertiary/aromatic N) is 2. The van der Waals surface area contributed by atoms with Crippen molar-refractivity contribution in [3.05, 3.63) is 18.1 Å².